The molecule has 2 N–H and O–H groups in total. The number of halogens is 1. The Balaban J connectivity index is 1.74. The van der Waals surface area contributed by atoms with Crippen molar-refractivity contribution in [2.24, 2.45) is 0 Å². The molecule has 1 fully saturated rings. The number of rotatable bonds is 6. The molecule has 0 aromatic heterocycles. The summed E-state index contributed by atoms with van der Waals surface area (Å²) in [5.41, 5.74) is 1.07. The first kappa shape index (κ1) is 16.2. The Bertz CT molecular complexity index is 417. The van der Waals surface area contributed by atoms with E-state index in [4.69, 9.17) is 4.74 Å². The Hall–Kier alpha value is -1.17. The van der Waals surface area contributed by atoms with Crippen LogP contribution in [0.15, 0.2) is 24.3 Å². The highest BCUT2D eigenvalue weighted by Gasteiger charge is 2.22. The van der Waals surface area contributed by atoms with Gasteiger partial charge in [-0.2, -0.15) is 0 Å². The number of ether oxygens (including phenoxy) is 1. The number of hydrogen-bond acceptors (Lipinski definition) is 3. The van der Waals surface area contributed by atoms with Gasteiger partial charge < -0.3 is 19.6 Å². The van der Waals surface area contributed by atoms with Crippen LogP contribution >= 0.6 is 0 Å². The predicted molar refractivity (Wildman–Crippen MR) is 81.3 cm³/mol. The van der Waals surface area contributed by atoms with E-state index in [1.165, 1.54) is 17.0 Å². The molecular formula is C16H26FN2O2+. The molecule has 0 aliphatic carbocycles. The largest absolute Gasteiger partial charge is 0.385 e. The quantitative estimate of drug-likeness (QED) is 0.794. The van der Waals surface area contributed by atoms with Crippen molar-refractivity contribution in [1.29, 1.82) is 0 Å². The maximum atomic E-state index is 12.9. The maximum Gasteiger partial charge on any atom is 0.126 e. The molecule has 1 unspecified atom stereocenters. The molecule has 2 rings (SSSR count). The highest BCUT2D eigenvalue weighted by Crippen LogP contribution is 2.14. The molecule has 1 heterocycles. The van der Waals surface area contributed by atoms with E-state index in [1.54, 1.807) is 0 Å². The zero-order valence-electron chi connectivity index (χ0n) is 12.9. The summed E-state index contributed by atoms with van der Waals surface area (Å²) in [6.07, 6.45) is -0.246. The van der Waals surface area contributed by atoms with Crippen molar-refractivity contribution in [1.82, 2.24) is 0 Å². The molecule has 1 aliphatic heterocycles. The van der Waals surface area contributed by atoms with Gasteiger partial charge in [-0.25, -0.2) is 4.39 Å². The molecule has 1 aliphatic rings. The van der Waals surface area contributed by atoms with Gasteiger partial charge in [0.05, 0.1) is 38.9 Å². The molecule has 0 saturated carbocycles. The van der Waals surface area contributed by atoms with Crippen LogP contribution in [0, 0.1) is 5.82 Å². The van der Waals surface area contributed by atoms with Crippen LogP contribution in [0.5, 0.6) is 0 Å². The molecule has 1 aromatic carbocycles. The highest BCUT2D eigenvalue weighted by molar-refractivity contribution is 5.46. The second-order valence-corrected chi connectivity index (χ2v) is 5.95. The first-order chi connectivity index (χ1) is 10.0. The van der Waals surface area contributed by atoms with Crippen LogP contribution in [0.4, 0.5) is 10.1 Å². The fraction of sp³-hybridized carbons (Fsp3) is 0.625. The van der Waals surface area contributed by atoms with Gasteiger partial charge in [-0.05, 0) is 38.1 Å². The number of quaternary nitrogens is 1. The smallest absolute Gasteiger partial charge is 0.126 e. The van der Waals surface area contributed by atoms with E-state index in [-0.39, 0.29) is 11.9 Å². The number of aliphatic hydroxyl groups excluding tert-OH is 1. The van der Waals surface area contributed by atoms with Crippen LogP contribution in [0.2, 0.25) is 0 Å². The van der Waals surface area contributed by atoms with Gasteiger partial charge in [0, 0.05) is 5.69 Å². The third-order valence-corrected chi connectivity index (χ3v) is 3.81. The molecule has 21 heavy (non-hydrogen) atoms. The van der Waals surface area contributed by atoms with Gasteiger partial charge in [-0.1, -0.05) is 0 Å². The fourth-order valence-electron chi connectivity index (χ4n) is 2.63. The summed E-state index contributed by atoms with van der Waals surface area (Å²) in [6, 6.07) is 6.65. The first-order valence-corrected chi connectivity index (χ1v) is 7.68. The lowest BCUT2D eigenvalue weighted by atomic mass is 10.2. The Labute approximate surface area is 126 Å². The molecule has 0 radical (unpaired) electrons. The second kappa shape index (κ2) is 7.73. The fourth-order valence-corrected chi connectivity index (χ4v) is 2.63. The van der Waals surface area contributed by atoms with Gasteiger partial charge in [0.15, 0.2) is 0 Å². The zero-order valence-corrected chi connectivity index (χ0v) is 12.9. The lowest BCUT2D eigenvalue weighted by Crippen LogP contribution is -3.16. The molecule has 4 nitrogen and oxygen atoms in total. The van der Waals surface area contributed by atoms with E-state index in [0.717, 1.165) is 38.4 Å². The lowest BCUT2D eigenvalue weighted by Gasteiger charge is -2.34. The van der Waals surface area contributed by atoms with Gasteiger partial charge in [0.1, 0.15) is 18.5 Å². The summed E-state index contributed by atoms with van der Waals surface area (Å²) in [7, 11) is 0. The standard InChI is InChI=1S/C16H25FN2O2/c1-13(2)21-12-16(20)11-18-7-9-19(10-8-18)15-5-3-14(17)4-6-15/h3-6,13,16,20H,7-12H2,1-2H3/p+1. The monoisotopic (exact) mass is 297 g/mol. The van der Waals surface area contributed by atoms with Crippen LogP contribution in [-0.4, -0.2) is 56.6 Å². The van der Waals surface area contributed by atoms with E-state index in [9.17, 15) is 9.50 Å². The second-order valence-electron chi connectivity index (χ2n) is 5.95. The minimum Gasteiger partial charge on any atom is -0.385 e. The molecule has 1 aromatic rings. The van der Waals surface area contributed by atoms with Crippen LogP contribution in [-0.2, 0) is 4.74 Å². The third kappa shape index (κ3) is 5.26. The SMILES string of the molecule is CC(C)OCC(O)C[NH+]1CCN(c2ccc(F)cc2)CC1. The molecule has 1 atom stereocenters. The van der Waals surface area contributed by atoms with Crippen molar-refractivity contribution in [2.75, 3.05) is 44.2 Å². The normalized spacial score (nSPS) is 18.2. The van der Waals surface area contributed by atoms with Crippen molar-refractivity contribution in [2.45, 2.75) is 26.1 Å². The minimum atomic E-state index is -0.403. The number of nitrogens with zero attached hydrogens (tertiary/aromatic N) is 1. The summed E-state index contributed by atoms with van der Waals surface area (Å²) in [5, 5.41) is 9.96. The van der Waals surface area contributed by atoms with Gasteiger partial charge in [-0.15, -0.1) is 0 Å². The Morgan fingerprint density at radius 2 is 1.86 bits per heavy atom. The predicted octanol–water partition coefficient (Wildman–Crippen LogP) is 0.317. The van der Waals surface area contributed by atoms with Crippen molar-refractivity contribution in [3.63, 3.8) is 0 Å². The number of aliphatic hydroxyl groups is 1. The average molecular weight is 297 g/mol. The van der Waals surface area contributed by atoms with Crippen LogP contribution in [0.25, 0.3) is 0 Å². The lowest BCUT2D eigenvalue weighted by molar-refractivity contribution is -0.903. The van der Waals surface area contributed by atoms with Crippen LogP contribution < -0.4 is 9.80 Å². The third-order valence-electron chi connectivity index (χ3n) is 3.81. The van der Waals surface area contributed by atoms with Crippen LogP contribution in [0.3, 0.4) is 0 Å². The van der Waals surface area contributed by atoms with E-state index in [0.29, 0.717) is 6.61 Å². The molecular weight excluding hydrogens is 271 g/mol. The molecule has 0 bridgehead atoms. The van der Waals surface area contributed by atoms with E-state index in [2.05, 4.69) is 4.90 Å². The maximum absolute atomic E-state index is 12.9. The summed E-state index contributed by atoms with van der Waals surface area (Å²) in [5.74, 6) is -0.198. The molecule has 5 heteroatoms. The number of anilines is 1. The summed E-state index contributed by atoms with van der Waals surface area (Å²) in [4.78, 5) is 3.66. The topological polar surface area (TPSA) is 37.1 Å². The van der Waals surface area contributed by atoms with Crippen molar-refractivity contribution < 1.29 is 19.1 Å². The number of hydrogen-bond donors (Lipinski definition) is 2. The Morgan fingerprint density at radius 1 is 1.24 bits per heavy atom. The molecule has 0 spiro atoms. The summed E-state index contributed by atoms with van der Waals surface area (Å²) in [6.45, 7) is 8.90. The van der Waals surface area contributed by atoms with Crippen LogP contribution in [0.1, 0.15) is 13.8 Å². The van der Waals surface area contributed by atoms with Gasteiger partial charge in [0.2, 0.25) is 0 Å². The van der Waals surface area contributed by atoms with Crippen molar-refractivity contribution in [3.05, 3.63) is 30.1 Å². The number of piperazine rings is 1. The average Bonchev–Trinajstić information content (AvgIpc) is 2.47. The van der Waals surface area contributed by atoms with Crippen molar-refractivity contribution in [3.8, 4) is 0 Å². The summed E-state index contributed by atoms with van der Waals surface area (Å²) < 4.78 is 18.4. The van der Waals surface area contributed by atoms with Gasteiger partial charge in [-0.3, -0.25) is 0 Å². The molecule has 118 valence electrons. The molecule has 0 amide bonds. The van der Waals surface area contributed by atoms with E-state index in [1.807, 2.05) is 26.0 Å². The number of benzene rings is 1. The summed E-state index contributed by atoms with van der Waals surface area (Å²) >= 11 is 0. The minimum absolute atomic E-state index is 0.157. The highest BCUT2D eigenvalue weighted by atomic mass is 19.1. The van der Waals surface area contributed by atoms with E-state index < -0.39 is 6.10 Å². The zero-order chi connectivity index (χ0) is 15.2. The Morgan fingerprint density at radius 3 is 2.43 bits per heavy atom. The number of nitrogens with one attached hydrogen (secondary N) is 1. The van der Waals surface area contributed by atoms with Gasteiger partial charge in [0.25, 0.3) is 0 Å². The first-order valence-electron chi connectivity index (χ1n) is 7.68. The Kier molecular flexibility index (Phi) is 5.96. The van der Waals surface area contributed by atoms with Gasteiger partial charge >= 0.3 is 0 Å². The van der Waals surface area contributed by atoms with E-state index >= 15 is 0 Å². The molecule has 1 saturated heterocycles. The van der Waals surface area contributed by atoms with Crippen molar-refractivity contribution >= 4 is 5.69 Å².